The Labute approximate surface area is 146 Å². The molecule has 25 heavy (non-hydrogen) atoms. The SMILES string of the molecule is COCCN(C)C(=O)c1cc2c(c3ccccc3n2C)n1S(C)(=O)=O. The normalized spacial score (nSPS) is 12.2. The van der Waals surface area contributed by atoms with Gasteiger partial charge in [0.2, 0.25) is 10.0 Å². The molecule has 1 amide bonds. The maximum atomic E-state index is 12.8. The average Bonchev–Trinajstić information content (AvgIpc) is 3.09. The molecule has 134 valence electrons. The van der Waals surface area contributed by atoms with Crippen LogP contribution in [0.4, 0.5) is 0 Å². The van der Waals surface area contributed by atoms with Crippen LogP contribution in [-0.2, 0) is 21.8 Å². The van der Waals surface area contributed by atoms with Crippen molar-refractivity contribution in [2.45, 2.75) is 0 Å². The molecule has 0 radical (unpaired) electrons. The lowest BCUT2D eigenvalue weighted by molar-refractivity contribution is 0.0738. The van der Waals surface area contributed by atoms with E-state index in [4.69, 9.17) is 4.74 Å². The number of aryl methyl sites for hydroxylation is 1. The van der Waals surface area contributed by atoms with Crippen molar-refractivity contribution in [3.63, 3.8) is 0 Å². The zero-order valence-corrected chi connectivity index (χ0v) is 15.5. The molecular formula is C17H21N3O4S. The molecular weight excluding hydrogens is 342 g/mol. The zero-order chi connectivity index (χ0) is 18.4. The number of ether oxygens (including phenoxy) is 1. The van der Waals surface area contributed by atoms with Gasteiger partial charge in [0.15, 0.2) is 0 Å². The molecule has 0 aliphatic carbocycles. The summed E-state index contributed by atoms with van der Waals surface area (Å²) in [4.78, 5) is 14.3. The van der Waals surface area contributed by atoms with Crippen molar-refractivity contribution in [2.24, 2.45) is 7.05 Å². The third-order valence-corrected chi connectivity index (χ3v) is 5.39. The Balaban J connectivity index is 2.30. The van der Waals surface area contributed by atoms with Crippen molar-refractivity contribution in [2.75, 3.05) is 33.6 Å². The number of amides is 1. The second kappa shape index (κ2) is 6.20. The highest BCUT2D eigenvalue weighted by Gasteiger charge is 2.27. The van der Waals surface area contributed by atoms with Gasteiger partial charge in [0, 0.05) is 33.1 Å². The first-order valence-corrected chi connectivity index (χ1v) is 9.66. The summed E-state index contributed by atoms with van der Waals surface area (Å²) in [6.07, 6.45) is 1.11. The topological polar surface area (TPSA) is 73.5 Å². The van der Waals surface area contributed by atoms with Crippen LogP contribution in [0.2, 0.25) is 0 Å². The van der Waals surface area contributed by atoms with Crippen molar-refractivity contribution in [1.29, 1.82) is 0 Å². The number of methoxy groups -OCH3 is 1. The van der Waals surface area contributed by atoms with Gasteiger partial charge in [-0.3, -0.25) is 4.79 Å². The lowest BCUT2D eigenvalue weighted by Crippen LogP contribution is -2.32. The first kappa shape index (κ1) is 17.5. The maximum absolute atomic E-state index is 12.8. The van der Waals surface area contributed by atoms with E-state index in [2.05, 4.69) is 0 Å². The Morgan fingerprint density at radius 3 is 2.56 bits per heavy atom. The van der Waals surface area contributed by atoms with Crippen molar-refractivity contribution >= 4 is 37.9 Å². The number of aromatic nitrogens is 2. The van der Waals surface area contributed by atoms with Gasteiger partial charge in [-0.15, -0.1) is 0 Å². The van der Waals surface area contributed by atoms with Crippen LogP contribution in [0, 0.1) is 0 Å². The van der Waals surface area contributed by atoms with E-state index in [9.17, 15) is 13.2 Å². The average molecular weight is 363 g/mol. The number of hydrogen-bond donors (Lipinski definition) is 0. The molecule has 7 nitrogen and oxygen atoms in total. The van der Waals surface area contributed by atoms with Gasteiger partial charge >= 0.3 is 0 Å². The van der Waals surface area contributed by atoms with Gasteiger partial charge in [0.25, 0.3) is 5.91 Å². The quantitative estimate of drug-likeness (QED) is 0.691. The third kappa shape index (κ3) is 2.81. The number of para-hydroxylation sites is 1. The van der Waals surface area contributed by atoms with E-state index < -0.39 is 10.0 Å². The van der Waals surface area contributed by atoms with Crippen LogP contribution in [0.15, 0.2) is 30.3 Å². The van der Waals surface area contributed by atoms with Crippen molar-refractivity contribution in [3.05, 3.63) is 36.0 Å². The molecule has 0 saturated carbocycles. The fourth-order valence-corrected chi connectivity index (χ4v) is 4.11. The Bertz CT molecular complexity index is 1060. The van der Waals surface area contributed by atoms with E-state index in [1.807, 2.05) is 35.9 Å². The highest BCUT2D eigenvalue weighted by atomic mass is 32.2. The number of nitrogens with zero attached hydrogens (tertiary/aromatic N) is 3. The minimum absolute atomic E-state index is 0.132. The Kier molecular flexibility index (Phi) is 4.34. The number of carbonyl (C=O) groups is 1. The van der Waals surface area contributed by atoms with Crippen molar-refractivity contribution < 1.29 is 17.9 Å². The van der Waals surface area contributed by atoms with E-state index >= 15 is 0 Å². The zero-order valence-electron chi connectivity index (χ0n) is 14.7. The first-order valence-electron chi connectivity index (χ1n) is 7.81. The van der Waals surface area contributed by atoms with E-state index in [1.165, 1.54) is 4.90 Å². The smallest absolute Gasteiger partial charge is 0.271 e. The number of fused-ring (bicyclic) bond motifs is 3. The second-order valence-corrected chi connectivity index (χ2v) is 7.92. The number of hydrogen-bond acceptors (Lipinski definition) is 4. The highest BCUT2D eigenvalue weighted by Crippen LogP contribution is 2.32. The van der Waals surface area contributed by atoms with Gasteiger partial charge < -0.3 is 14.2 Å². The Morgan fingerprint density at radius 2 is 1.92 bits per heavy atom. The van der Waals surface area contributed by atoms with Crippen LogP contribution in [0.25, 0.3) is 21.9 Å². The molecule has 0 saturated heterocycles. The first-order chi connectivity index (χ1) is 11.8. The summed E-state index contributed by atoms with van der Waals surface area (Å²) in [5, 5.41) is 0.795. The van der Waals surface area contributed by atoms with Crippen molar-refractivity contribution in [1.82, 2.24) is 13.4 Å². The molecule has 8 heteroatoms. The molecule has 0 aliphatic heterocycles. The fraction of sp³-hybridized carbons (Fsp3) is 0.353. The summed E-state index contributed by atoms with van der Waals surface area (Å²) >= 11 is 0. The van der Waals surface area contributed by atoms with Crippen LogP contribution in [-0.4, -0.2) is 61.3 Å². The van der Waals surface area contributed by atoms with Crippen molar-refractivity contribution in [3.8, 4) is 0 Å². The van der Waals surface area contributed by atoms with Crippen LogP contribution in [0.1, 0.15) is 10.5 Å². The van der Waals surface area contributed by atoms with E-state index in [0.717, 1.165) is 21.1 Å². The minimum Gasteiger partial charge on any atom is -0.383 e. The summed E-state index contributed by atoms with van der Waals surface area (Å²) in [7, 11) is 1.37. The van der Waals surface area contributed by atoms with Gasteiger partial charge in [-0.25, -0.2) is 12.4 Å². The molecule has 0 N–H and O–H groups in total. The van der Waals surface area contributed by atoms with Gasteiger partial charge in [-0.05, 0) is 12.1 Å². The molecule has 3 aromatic rings. The molecule has 0 aliphatic rings. The lowest BCUT2D eigenvalue weighted by Gasteiger charge is -2.17. The van der Waals surface area contributed by atoms with Crippen LogP contribution >= 0.6 is 0 Å². The summed E-state index contributed by atoms with van der Waals surface area (Å²) in [5.74, 6) is -0.359. The number of carbonyl (C=O) groups excluding carboxylic acids is 1. The highest BCUT2D eigenvalue weighted by molar-refractivity contribution is 7.89. The number of rotatable bonds is 5. The number of benzene rings is 1. The van der Waals surface area contributed by atoms with E-state index in [0.29, 0.717) is 24.2 Å². The molecule has 0 bridgehead atoms. The largest absolute Gasteiger partial charge is 0.383 e. The summed E-state index contributed by atoms with van der Waals surface area (Å²) in [6.45, 7) is 0.756. The van der Waals surface area contributed by atoms with Crippen LogP contribution < -0.4 is 0 Å². The van der Waals surface area contributed by atoms with Gasteiger partial charge in [0.05, 0.1) is 29.4 Å². The van der Waals surface area contributed by atoms with Crippen LogP contribution in [0.5, 0.6) is 0 Å². The molecule has 2 heterocycles. The van der Waals surface area contributed by atoms with Crippen LogP contribution in [0.3, 0.4) is 0 Å². The van der Waals surface area contributed by atoms with Gasteiger partial charge in [-0.2, -0.15) is 0 Å². The summed E-state index contributed by atoms with van der Waals surface area (Å²) in [6, 6.07) is 9.18. The molecule has 0 unspecified atom stereocenters. The summed E-state index contributed by atoms with van der Waals surface area (Å²) < 4.78 is 33.0. The van der Waals surface area contributed by atoms with E-state index in [1.54, 1.807) is 20.2 Å². The molecule has 1 aromatic carbocycles. The molecule has 0 atom stereocenters. The standard InChI is InChI=1S/C17H21N3O4S/c1-18(9-10-24-3)17(21)15-11-14-16(20(15)25(4,22)23)12-7-5-6-8-13(12)19(14)2/h5-8,11H,9-10H2,1-4H3. The Morgan fingerprint density at radius 1 is 1.24 bits per heavy atom. The number of likely N-dealkylation sites (N-methyl/N-ethyl adjacent to an activating group) is 1. The Hall–Kier alpha value is -2.32. The maximum Gasteiger partial charge on any atom is 0.271 e. The monoisotopic (exact) mass is 363 g/mol. The molecule has 0 fully saturated rings. The fourth-order valence-electron chi connectivity index (χ4n) is 3.10. The predicted molar refractivity (Wildman–Crippen MR) is 97.5 cm³/mol. The third-order valence-electron chi connectivity index (χ3n) is 4.35. The minimum atomic E-state index is -3.67. The van der Waals surface area contributed by atoms with Gasteiger partial charge in [0.1, 0.15) is 5.69 Å². The second-order valence-electron chi connectivity index (χ2n) is 6.09. The molecule has 3 rings (SSSR count). The molecule has 0 spiro atoms. The summed E-state index contributed by atoms with van der Waals surface area (Å²) in [5.41, 5.74) is 2.28. The van der Waals surface area contributed by atoms with E-state index in [-0.39, 0.29) is 11.6 Å². The van der Waals surface area contributed by atoms with Gasteiger partial charge in [-0.1, -0.05) is 18.2 Å². The lowest BCUT2D eigenvalue weighted by atomic mass is 10.2. The predicted octanol–water partition coefficient (Wildman–Crippen LogP) is 1.66. The molecule has 2 aromatic heterocycles.